The second-order valence-electron chi connectivity index (χ2n) is 7.29. The van der Waals surface area contributed by atoms with Gasteiger partial charge in [0.1, 0.15) is 17.2 Å². The van der Waals surface area contributed by atoms with Crippen molar-refractivity contribution in [2.45, 2.75) is 26.2 Å². The first kappa shape index (κ1) is 20.4. The molecular weight excluding hydrogens is 372 g/mol. The Balaban J connectivity index is 1.71. The van der Waals surface area contributed by atoms with Crippen molar-refractivity contribution in [2.75, 3.05) is 23.9 Å². The molecule has 2 aromatic rings. The Labute approximate surface area is 169 Å². The lowest BCUT2D eigenvalue weighted by molar-refractivity contribution is -0.129. The number of carbonyl (C=O) groups is 3. The molecular formula is C22H24N2O5. The summed E-state index contributed by atoms with van der Waals surface area (Å²) in [5, 5.41) is 11.8. The molecule has 1 aliphatic rings. The quantitative estimate of drug-likeness (QED) is 0.729. The second-order valence-corrected chi connectivity index (χ2v) is 7.29. The summed E-state index contributed by atoms with van der Waals surface area (Å²) in [5.74, 6) is -2.02. The zero-order valence-corrected chi connectivity index (χ0v) is 16.6. The molecule has 1 aliphatic heterocycles. The monoisotopic (exact) mass is 396 g/mol. The predicted molar refractivity (Wildman–Crippen MR) is 110 cm³/mol. The molecule has 3 rings (SSSR count). The van der Waals surface area contributed by atoms with Gasteiger partial charge in [-0.25, -0.2) is 4.79 Å². The number of nitrogens with zero attached hydrogens (tertiary/aromatic N) is 1. The van der Waals surface area contributed by atoms with E-state index in [1.165, 1.54) is 30.9 Å². The number of carboxylic acid groups (broad SMARTS) is 1. The number of rotatable bonds is 6. The summed E-state index contributed by atoms with van der Waals surface area (Å²) in [6.07, 6.45) is 0.418. The maximum absolute atomic E-state index is 12.8. The van der Waals surface area contributed by atoms with Gasteiger partial charge in [-0.1, -0.05) is 26.0 Å². The first-order valence-electron chi connectivity index (χ1n) is 9.45. The van der Waals surface area contributed by atoms with Crippen LogP contribution in [0.5, 0.6) is 5.75 Å². The van der Waals surface area contributed by atoms with Crippen LogP contribution < -0.4 is 15.0 Å². The van der Waals surface area contributed by atoms with E-state index in [1.807, 2.05) is 24.3 Å². The number of methoxy groups -OCH3 is 1. The first-order valence-corrected chi connectivity index (χ1v) is 9.45. The van der Waals surface area contributed by atoms with E-state index in [-0.39, 0.29) is 17.2 Å². The van der Waals surface area contributed by atoms with Crippen molar-refractivity contribution >= 4 is 29.2 Å². The maximum atomic E-state index is 12.8. The smallest absolute Gasteiger partial charge is 0.339 e. The minimum absolute atomic E-state index is 0.00142. The fourth-order valence-corrected chi connectivity index (χ4v) is 3.39. The van der Waals surface area contributed by atoms with Crippen molar-refractivity contribution in [3.05, 3.63) is 53.6 Å². The molecule has 1 unspecified atom stereocenters. The largest absolute Gasteiger partial charge is 0.496 e. The highest BCUT2D eigenvalue weighted by molar-refractivity contribution is 6.13. The van der Waals surface area contributed by atoms with Gasteiger partial charge in [0, 0.05) is 24.0 Å². The molecule has 29 heavy (non-hydrogen) atoms. The number of carboxylic acids is 1. The van der Waals surface area contributed by atoms with Crippen molar-refractivity contribution in [1.82, 2.24) is 0 Å². The Hall–Kier alpha value is -3.35. The Morgan fingerprint density at radius 3 is 2.45 bits per heavy atom. The van der Waals surface area contributed by atoms with E-state index in [1.54, 1.807) is 4.90 Å². The number of nitrogens with one attached hydrogen (secondary N) is 1. The van der Waals surface area contributed by atoms with Crippen LogP contribution in [-0.4, -0.2) is 36.5 Å². The molecule has 2 amide bonds. The number of anilines is 2. The summed E-state index contributed by atoms with van der Waals surface area (Å²) < 4.78 is 5.07. The van der Waals surface area contributed by atoms with E-state index in [0.29, 0.717) is 24.6 Å². The highest BCUT2D eigenvalue weighted by atomic mass is 16.5. The van der Waals surface area contributed by atoms with Crippen LogP contribution in [0.1, 0.15) is 42.1 Å². The Morgan fingerprint density at radius 1 is 1.17 bits per heavy atom. The standard InChI is InChI=1S/C22H24N2O5/c1-13(2)14-4-7-16(8-5-14)24-11-10-18(21(24)26)20(25)23-15-6-9-17(22(27)28)19(12-15)29-3/h4-9,12-13,18H,10-11H2,1-3H3,(H,23,25)(H,27,28). The number of ether oxygens (including phenoxy) is 1. The summed E-state index contributed by atoms with van der Waals surface area (Å²) in [4.78, 5) is 38.2. The van der Waals surface area contributed by atoms with Crippen LogP contribution in [-0.2, 0) is 9.59 Å². The molecule has 7 nitrogen and oxygen atoms in total. The molecule has 1 heterocycles. The second kappa shape index (κ2) is 8.34. The highest BCUT2D eigenvalue weighted by Crippen LogP contribution is 2.29. The third-order valence-electron chi connectivity index (χ3n) is 5.09. The minimum atomic E-state index is -1.12. The maximum Gasteiger partial charge on any atom is 0.339 e. The minimum Gasteiger partial charge on any atom is -0.496 e. The number of hydrogen-bond donors (Lipinski definition) is 2. The highest BCUT2D eigenvalue weighted by Gasteiger charge is 2.37. The number of hydrogen-bond acceptors (Lipinski definition) is 4. The topological polar surface area (TPSA) is 95.9 Å². The van der Waals surface area contributed by atoms with Gasteiger partial charge in [-0.2, -0.15) is 0 Å². The SMILES string of the molecule is COc1cc(NC(=O)C2CCN(c3ccc(C(C)C)cc3)C2=O)ccc1C(=O)O. The number of amides is 2. The molecule has 1 saturated heterocycles. The lowest BCUT2D eigenvalue weighted by atomic mass is 10.0. The van der Waals surface area contributed by atoms with Gasteiger partial charge < -0.3 is 20.1 Å². The van der Waals surface area contributed by atoms with E-state index < -0.39 is 17.8 Å². The molecule has 0 spiro atoms. The molecule has 1 atom stereocenters. The molecule has 0 radical (unpaired) electrons. The number of carbonyl (C=O) groups excluding carboxylic acids is 2. The molecule has 0 aromatic heterocycles. The van der Waals surface area contributed by atoms with Crippen molar-refractivity contribution in [1.29, 1.82) is 0 Å². The van der Waals surface area contributed by atoms with Gasteiger partial charge in [-0.3, -0.25) is 9.59 Å². The zero-order valence-electron chi connectivity index (χ0n) is 16.6. The molecule has 0 bridgehead atoms. The first-order chi connectivity index (χ1) is 13.8. The van der Waals surface area contributed by atoms with Gasteiger partial charge in [0.25, 0.3) is 0 Å². The summed E-state index contributed by atoms with van der Waals surface area (Å²) in [5.41, 5.74) is 2.35. The van der Waals surface area contributed by atoms with Gasteiger partial charge in [0.2, 0.25) is 11.8 Å². The Kier molecular flexibility index (Phi) is 5.87. The summed E-state index contributed by atoms with van der Waals surface area (Å²) in [7, 11) is 1.36. The van der Waals surface area contributed by atoms with Gasteiger partial charge in [0.05, 0.1) is 7.11 Å². The van der Waals surface area contributed by atoms with Crippen molar-refractivity contribution in [3.63, 3.8) is 0 Å². The van der Waals surface area contributed by atoms with Crippen LogP contribution in [0.2, 0.25) is 0 Å². The predicted octanol–water partition coefficient (Wildman–Crippen LogP) is 3.51. The lowest BCUT2D eigenvalue weighted by Gasteiger charge is -2.18. The normalized spacial score (nSPS) is 16.2. The Bertz CT molecular complexity index is 937. The third kappa shape index (κ3) is 4.23. The van der Waals surface area contributed by atoms with Crippen LogP contribution in [0, 0.1) is 5.92 Å². The summed E-state index contributed by atoms with van der Waals surface area (Å²) in [6, 6.07) is 12.1. The molecule has 7 heteroatoms. The van der Waals surface area contributed by atoms with Gasteiger partial charge >= 0.3 is 5.97 Å². The van der Waals surface area contributed by atoms with E-state index in [2.05, 4.69) is 19.2 Å². The molecule has 0 saturated carbocycles. The van der Waals surface area contributed by atoms with Crippen LogP contribution >= 0.6 is 0 Å². The van der Waals surface area contributed by atoms with Crippen LogP contribution in [0.25, 0.3) is 0 Å². The molecule has 0 aliphatic carbocycles. The van der Waals surface area contributed by atoms with Crippen LogP contribution in [0.3, 0.4) is 0 Å². The van der Waals surface area contributed by atoms with Gasteiger partial charge in [-0.05, 0) is 42.2 Å². The number of aromatic carboxylic acids is 1. The molecule has 2 aromatic carbocycles. The van der Waals surface area contributed by atoms with Crippen LogP contribution in [0.15, 0.2) is 42.5 Å². The Morgan fingerprint density at radius 2 is 1.86 bits per heavy atom. The third-order valence-corrected chi connectivity index (χ3v) is 5.09. The van der Waals surface area contributed by atoms with E-state index in [0.717, 1.165) is 5.69 Å². The molecule has 152 valence electrons. The fraction of sp³-hybridized carbons (Fsp3) is 0.318. The average Bonchev–Trinajstić information content (AvgIpc) is 3.09. The number of benzene rings is 2. The van der Waals surface area contributed by atoms with Crippen molar-refractivity contribution < 1.29 is 24.2 Å². The average molecular weight is 396 g/mol. The van der Waals surface area contributed by atoms with E-state index >= 15 is 0 Å². The zero-order chi connectivity index (χ0) is 21.1. The fourth-order valence-electron chi connectivity index (χ4n) is 3.39. The van der Waals surface area contributed by atoms with Gasteiger partial charge in [-0.15, -0.1) is 0 Å². The lowest BCUT2D eigenvalue weighted by Crippen LogP contribution is -2.33. The molecule has 2 N–H and O–H groups in total. The van der Waals surface area contributed by atoms with Crippen LogP contribution in [0.4, 0.5) is 11.4 Å². The molecule has 1 fully saturated rings. The summed E-state index contributed by atoms with van der Waals surface area (Å²) >= 11 is 0. The van der Waals surface area contributed by atoms with Crippen molar-refractivity contribution in [2.24, 2.45) is 5.92 Å². The van der Waals surface area contributed by atoms with E-state index in [4.69, 9.17) is 9.84 Å². The summed E-state index contributed by atoms with van der Waals surface area (Å²) in [6.45, 7) is 4.68. The van der Waals surface area contributed by atoms with Crippen molar-refractivity contribution in [3.8, 4) is 5.75 Å². The van der Waals surface area contributed by atoms with E-state index in [9.17, 15) is 14.4 Å². The van der Waals surface area contributed by atoms with Gasteiger partial charge in [0.15, 0.2) is 0 Å².